The Morgan fingerprint density at radius 2 is 1.79 bits per heavy atom. The molecule has 0 unspecified atom stereocenters. The van der Waals surface area contributed by atoms with Crippen molar-refractivity contribution in [2.24, 2.45) is 0 Å². The van der Waals surface area contributed by atoms with Gasteiger partial charge in [-0.25, -0.2) is 22.2 Å². The first-order valence-corrected chi connectivity index (χ1v) is 12.6. The Bertz CT molecular complexity index is 1500. The molecule has 2 heterocycles. The topological polar surface area (TPSA) is 79.4 Å². The number of sulfonamides is 1. The molecule has 1 aliphatic heterocycles. The van der Waals surface area contributed by atoms with Gasteiger partial charge in [-0.2, -0.15) is 0 Å². The van der Waals surface area contributed by atoms with Crippen molar-refractivity contribution in [2.75, 3.05) is 16.2 Å². The molecule has 0 fully saturated rings. The van der Waals surface area contributed by atoms with Crippen LogP contribution in [0.2, 0.25) is 0 Å². The van der Waals surface area contributed by atoms with Gasteiger partial charge in [-0.1, -0.05) is 18.2 Å². The lowest BCUT2D eigenvalue weighted by atomic mass is 10.1. The van der Waals surface area contributed by atoms with Crippen molar-refractivity contribution >= 4 is 38.1 Å². The maximum atomic E-state index is 14.0. The Balaban J connectivity index is 1.32. The van der Waals surface area contributed by atoms with Gasteiger partial charge >= 0.3 is 0 Å². The Hall–Kier alpha value is -3.63. The lowest BCUT2D eigenvalue weighted by Crippen LogP contribution is -2.29. The second kappa shape index (κ2) is 8.62. The predicted molar refractivity (Wildman–Crippen MR) is 127 cm³/mol. The van der Waals surface area contributed by atoms with Crippen molar-refractivity contribution in [3.05, 3.63) is 94.9 Å². The first kappa shape index (κ1) is 22.2. The zero-order valence-corrected chi connectivity index (χ0v) is 19.2. The maximum absolute atomic E-state index is 14.0. The smallest absolute Gasteiger partial charge is 0.264 e. The summed E-state index contributed by atoms with van der Waals surface area (Å²) in [7, 11) is -3.76. The van der Waals surface area contributed by atoms with E-state index < -0.39 is 27.6 Å². The average Bonchev–Trinajstić information content (AvgIpc) is 3.46. The van der Waals surface area contributed by atoms with Crippen LogP contribution in [0.1, 0.15) is 15.9 Å². The van der Waals surface area contributed by atoms with Crippen molar-refractivity contribution < 1.29 is 22.0 Å². The molecule has 1 N–H and O–H groups in total. The molecule has 1 aliphatic rings. The number of rotatable bonds is 5. The van der Waals surface area contributed by atoms with Crippen LogP contribution in [0.25, 0.3) is 11.3 Å². The number of hydrogen-bond acceptors (Lipinski definition) is 5. The molecule has 5 rings (SSSR count). The van der Waals surface area contributed by atoms with Gasteiger partial charge in [0.1, 0.15) is 11.6 Å². The number of amides is 1. The average molecular weight is 498 g/mol. The van der Waals surface area contributed by atoms with Gasteiger partial charge < -0.3 is 0 Å². The first-order valence-electron chi connectivity index (χ1n) is 10.3. The van der Waals surface area contributed by atoms with E-state index in [0.29, 0.717) is 18.7 Å². The molecule has 172 valence electrons. The molecular weight excluding hydrogens is 480 g/mol. The van der Waals surface area contributed by atoms with Crippen LogP contribution in [0, 0.1) is 11.6 Å². The Morgan fingerprint density at radius 1 is 1.03 bits per heavy atom. The van der Waals surface area contributed by atoms with E-state index >= 15 is 0 Å². The molecule has 3 aromatic carbocycles. The van der Waals surface area contributed by atoms with Crippen LogP contribution in [0.15, 0.2) is 77.0 Å². The van der Waals surface area contributed by atoms with E-state index in [1.165, 1.54) is 34.6 Å². The molecule has 10 heteroatoms. The second-order valence-electron chi connectivity index (χ2n) is 7.60. The van der Waals surface area contributed by atoms with Crippen molar-refractivity contribution in [1.29, 1.82) is 0 Å². The Kier molecular flexibility index (Phi) is 5.62. The van der Waals surface area contributed by atoms with E-state index in [-0.39, 0.29) is 26.8 Å². The third-order valence-electron chi connectivity index (χ3n) is 5.48. The van der Waals surface area contributed by atoms with Crippen molar-refractivity contribution in [3.8, 4) is 11.3 Å². The minimum absolute atomic E-state index is 0.0871. The van der Waals surface area contributed by atoms with Crippen LogP contribution >= 0.6 is 11.3 Å². The number of carbonyl (C=O) groups excluding carboxylic acids is 1. The van der Waals surface area contributed by atoms with Gasteiger partial charge in [-0.15, -0.1) is 11.3 Å². The number of hydrogen-bond donors (Lipinski definition) is 1. The minimum atomic E-state index is -3.76. The number of benzene rings is 3. The molecule has 6 nitrogen and oxygen atoms in total. The lowest BCUT2D eigenvalue weighted by molar-refractivity contribution is 0.102. The molecule has 0 radical (unpaired) electrons. The summed E-state index contributed by atoms with van der Waals surface area (Å²) >= 11 is 1.09. The number of thiazole rings is 1. The number of fused-ring (bicyclic) bond motifs is 1. The summed E-state index contributed by atoms with van der Waals surface area (Å²) in [5.41, 5.74) is 2.28. The molecule has 1 aromatic heterocycles. The Labute approximate surface area is 198 Å². The summed E-state index contributed by atoms with van der Waals surface area (Å²) in [5.74, 6) is -1.93. The SMILES string of the molecule is O=C(Nc1nc(-c2ccc(F)cc2F)cs1)c1ccc(S(=O)(=O)N2CCc3ccccc32)cc1. The van der Waals surface area contributed by atoms with E-state index in [9.17, 15) is 22.0 Å². The van der Waals surface area contributed by atoms with Crippen LogP contribution in [-0.4, -0.2) is 25.9 Å². The highest BCUT2D eigenvalue weighted by atomic mass is 32.2. The van der Waals surface area contributed by atoms with Crippen molar-refractivity contribution in [1.82, 2.24) is 4.98 Å². The van der Waals surface area contributed by atoms with E-state index in [0.717, 1.165) is 29.0 Å². The number of para-hydroxylation sites is 1. The standard InChI is InChI=1S/C24H17F2N3O3S2/c25-17-7-10-19(20(26)13-17)21-14-33-24(27-21)28-23(30)16-5-8-18(9-6-16)34(31,32)29-12-11-15-3-1-2-4-22(15)29/h1-10,13-14H,11-12H2,(H,27,28,30). The zero-order chi connectivity index (χ0) is 23.9. The molecule has 0 saturated carbocycles. The van der Waals surface area contributed by atoms with Gasteiger partial charge in [0, 0.05) is 29.1 Å². The number of nitrogens with one attached hydrogen (secondary N) is 1. The van der Waals surface area contributed by atoms with Gasteiger partial charge in [-0.3, -0.25) is 14.4 Å². The highest BCUT2D eigenvalue weighted by molar-refractivity contribution is 7.92. The minimum Gasteiger partial charge on any atom is -0.298 e. The van der Waals surface area contributed by atoms with Crippen LogP contribution in [0.4, 0.5) is 19.6 Å². The summed E-state index contributed by atoms with van der Waals surface area (Å²) in [6.07, 6.45) is 0.646. The predicted octanol–water partition coefficient (Wildman–Crippen LogP) is 5.09. The number of nitrogens with zero attached hydrogens (tertiary/aromatic N) is 2. The van der Waals surface area contributed by atoms with E-state index in [1.54, 1.807) is 17.5 Å². The number of carbonyl (C=O) groups is 1. The monoisotopic (exact) mass is 497 g/mol. The number of halogens is 2. The summed E-state index contributed by atoms with van der Waals surface area (Å²) < 4.78 is 54.7. The second-order valence-corrected chi connectivity index (χ2v) is 10.3. The van der Waals surface area contributed by atoms with E-state index in [1.807, 2.05) is 12.1 Å². The molecule has 0 aliphatic carbocycles. The normalized spacial score (nSPS) is 13.1. The molecule has 0 spiro atoms. The fraction of sp³-hybridized carbons (Fsp3) is 0.0833. The molecule has 4 aromatic rings. The van der Waals surface area contributed by atoms with Gasteiger partial charge in [0.2, 0.25) is 0 Å². The third kappa shape index (κ3) is 4.06. The third-order valence-corrected chi connectivity index (χ3v) is 8.07. The molecule has 0 saturated heterocycles. The zero-order valence-electron chi connectivity index (χ0n) is 17.5. The van der Waals surface area contributed by atoms with E-state index in [4.69, 9.17) is 0 Å². The van der Waals surface area contributed by atoms with Gasteiger partial charge in [0.15, 0.2) is 5.13 Å². The van der Waals surface area contributed by atoms with Gasteiger partial charge in [0.25, 0.3) is 15.9 Å². The fourth-order valence-electron chi connectivity index (χ4n) is 3.78. The summed E-state index contributed by atoms with van der Waals surface area (Å²) in [5, 5.41) is 4.40. The van der Waals surface area contributed by atoms with E-state index in [2.05, 4.69) is 10.3 Å². The van der Waals surface area contributed by atoms with Crippen LogP contribution in [0.3, 0.4) is 0 Å². The lowest BCUT2D eigenvalue weighted by Gasteiger charge is -2.19. The highest BCUT2D eigenvalue weighted by Crippen LogP contribution is 2.33. The molecule has 34 heavy (non-hydrogen) atoms. The molecule has 1 amide bonds. The summed E-state index contributed by atoms with van der Waals surface area (Å²) in [4.78, 5) is 16.9. The van der Waals surface area contributed by atoms with Crippen LogP contribution in [0.5, 0.6) is 0 Å². The van der Waals surface area contributed by atoms with Crippen molar-refractivity contribution in [3.63, 3.8) is 0 Å². The van der Waals surface area contributed by atoms with Gasteiger partial charge in [0.05, 0.1) is 16.3 Å². The number of anilines is 2. The number of aromatic nitrogens is 1. The summed E-state index contributed by atoms with van der Waals surface area (Å²) in [6.45, 7) is 0.366. The largest absolute Gasteiger partial charge is 0.298 e. The first-order chi connectivity index (χ1) is 16.3. The molecular formula is C24H17F2N3O3S2. The van der Waals surface area contributed by atoms with Gasteiger partial charge in [-0.05, 0) is 54.4 Å². The Morgan fingerprint density at radius 3 is 2.56 bits per heavy atom. The van der Waals surface area contributed by atoms with Crippen molar-refractivity contribution in [2.45, 2.75) is 11.3 Å². The maximum Gasteiger partial charge on any atom is 0.264 e. The fourth-order valence-corrected chi connectivity index (χ4v) is 5.99. The molecule has 0 atom stereocenters. The van der Waals surface area contributed by atoms with Crippen LogP contribution < -0.4 is 9.62 Å². The highest BCUT2D eigenvalue weighted by Gasteiger charge is 2.30. The summed E-state index contributed by atoms with van der Waals surface area (Å²) in [6, 6.07) is 16.2. The molecule has 0 bridgehead atoms. The quantitative estimate of drug-likeness (QED) is 0.417. The van der Waals surface area contributed by atoms with Crippen LogP contribution in [-0.2, 0) is 16.4 Å².